The predicted octanol–water partition coefficient (Wildman–Crippen LogP) is 4.76. The summed E-state index contributed by atoms with van der Waals surface area (Å²) in [6, 6.07) is 7.39. The summed E-state index contributed by atoms with van der Waals surface area (Å²) in [6.45, 7) is 2.02. The first kappa shape index (κ1) is 14.9. The molecule has 0 aliphatic heterocycles. The fraction of sp³-hybridized carbons (Fsp3) is 0.286. The van der Waals surface area contributed by atoms with Crippen molar-refractivity contribution in [2.75, 3.05) is 7.11 Å². The molecule has 1 aromatic heterocycles. The molecule has 2 rings (SSSR count). The number of aliphatic hydroxyl groups excluding tert-OH is 1. The van der Waals surface area contributed by atoms with Crippen molar-refractivity contribution in [3.63, 3.8) is 0 Å². The molecule has 0 fully saturated rings. The van der Waals surface area contributed by atoms with Crippen molar-refractivity contribution in [2.24, 2.45) is 0 Å². The van der Waals surface area contributed by atoms with Crippen molar-refractivity contribution in [3.05, 3.63) is 49.1 Å². The largest absolute Gasteiger partial charge is 0.496 e. The van der Waals surface area contributed by atoms with Crippen LogP contribution in [0.5, 0.6) is 5.75 Å². The summed E-state index contributed by atoms with van der Waals surface area (Å²) in [5, 5.41) is 11.0. The van der Waals surface area contributed by atoms with Gasteiger partial charge in [0.25, 0.3) is 0 Å². The highest BCUT2D eigenvalue weighted by atomic mass is 79.9. The molecule has 0 bridgehead atoms. The van der Waals surface area contributed by atoms with E-state index in [1.807, 2.05) is 25.1 Å². The molecule has 1 heterocycles. The summed E-state index contributed by atoms with van der Waals surface area (Å²) in [4.78, 5) is 2.10. The second kappa shape index (κ2) is 6.27. The SMILES string of the molecule is COc1ccc(Cl)cc1CC(O)c1cc(Br)c(C)s1. The number of thiophene rings is 1. The van der Waals surface area contributed by atoms with Crippen LogP contribution in [0.1, 0.15) is 21.4 Å². The van der Waals surface area contributed by atoms with E-state index in [1.165, 1.54) is 0 Å². The second-order valence-corrected chi connectivity index (χ2v) is 6.81. The van der Waals surface area contributed by atoms with Gasteiger partial charge in [-0.1, -0.05) is 11.6 Å². The standard InChI is InChI=1S/C14H14BrClO2S/c1-8-11(15)7-14(19-8)12(17)6-9-5-10(16)3-4-13(9)18-2/h3-5,7,12,17H,6H2,1-2H3. The highest BCUT2D eigenvalue weighted by molar-refractivity contribution is 9.10. The van der Waals surface area contributed by atoms with Gasteiger partial charge in [0.15, 0.2) is 0 Å². The molecule has 102 valence electrons. The lowest BCUT2D eigenvalue weighted by molar-refractivity contribution is 0.181. The normalized spacial score (nSPS) is 12.5. The number of benzene rings is 1. The summed E-state index contributed by atoms with van der Waals surface area (Å²) in [6.07, 6.45) is -0.0711. The molecule has 1 aromatic carbocycles. The van der Waals surface area contributed by atoms with Gasteiger partial charge in [0, 0.05) is 25.7 Å². The van der Waals surface area contributed by atoms with E-state index in [0.717, 1.165) is 25.5 Å². The molecule has 0 aliphatic rings. The molecular formula is C14H14BrClO2S. The van der Waals surface area contributed by atoms with E-state index in [-0.39, 0.29) is 0 Å². The van der Waals surface area contributed by atoms with Gasteiger partial charge in [-0.2, -0.15) is 0 Å². The number of hydrogen-bond acceptors (Lipinski definition) is 3. The third kappa shape index (κ3) is 3.51. The number of aliphatic hydroxyl groups is 1. The Labute approximate surface area is 130 Å². The lowest BCUT2D eigenvalue weighted by Gasteiger charge is -2.12. The van der Waals surface area contributed by atoms with Gasteiger partial charge in [0.05, 0.1) is 13.2 Å². The Morgan fingerprint density at radius 3 is 2.74 bits per heavy atom. The van der Waals surface area contributed by atoms with E-state index in [4.69, 9.17) is 16.3 Å². The predicted molar refractivity (Wildman–Crippen MR) is 83.4 cm³/mol. The quantitative estimate of drug-likeness (QED) is 0.851. The topological polar surface area (TPSA) is 29.5 Å². The fourth-order valence-electron chi connectivity index (χ4n) is 1.86. The Kier molecular flexibility index (Phi) is 4.90. The number of hydrogen-bond donors (Lipinski definition) is 1. The van der Waals surface area contributed by atoms with Crippen LogP contribution < -0.4 is 4.74 Å². The van der Waals surface area contributed by atoms with Crippen LogP contribution in [0.4, 0.5) is 0 Å². The maximum atomic E-state index is 10.3. The first-order valence-electron chi connectivity index (χ1n) is 5.77. The van der Waals surface area contributed by atoms with Gasteiger partial charge in [-0.15, -0.1) is 11.3 Å². The first-order chi connectivity index (χ1) is 9.01. The Morgan fingerprint density at radius 2 is 2.16 bits per heavy atom. The molecule has 0 amide bonds. The number of rotatable bonds is 4. The molecular weight excluding hydrogens is 348 g/mol. The fourth-order valence-corrected chi connectivity index (χ4v) is 3.60. The minimum Gasteiger partial charge on any atom is -0.496 e. The lowest BCUT2D eigenvalue weighted by atomic mass is 10.1. The average molecular weight is 362 g/mol. The van der Waals surface area contributed by atoms with E-state index in [9.17, 15) is 5.11 Å². The van der Waals surface area contributed by atoms with E-state index < -0.39 is 6.10 Å². The first-order valence-corrected chi connectivity index (χ1v) is 7.76. The van der Waals surface area contributed by atoms with Gasteiger partial charge in [0.1, 0.15) is 5.75 Å². The summed E-state index contributed by atoms with van der Waals surface area (Å²) in [7, 11) is 1.62. The Bertz CT molecular complexity index is 563. The van der Waals surface area contributed by atoms with Gasteiger partial charge in [-0.25, -0.2) is 0 Å². The van der Waals surface area contributed by atoms with Crippen molar-refractivity contribution >= 4 is 38.9 Å². The van der Waals surface area contributed by atoms with Crippen LogP contribution in [-0.4, -0.2) is 12.2 Å². The minimum atomic E-state index is -0.553. The smallest absolute Gasteiger partial charge is 0.122 e. The van der Waals surface area contributed by atoms with Crippen LogP contribution in [0.2, 0.25) is 5.02 Å². The van der Waals surface area contributed by atoms with Crippen LogP contribution in [0.3, 0.4) is 0 Å². The highest BCUT2D eigenvalue weighted by Gasteiger charge is 2.15. The maximum Gasteiger partial charge on any atom is 0.122 e. The summed E-state index contributed by atoms with van der Waals surface area (Å²) in [5.41, 5.74) is 0.907. The number of methoxy groups -OCH3 is 1. The average Bonchev–Trinajstić information content (AvgIpc) is 2.70. The number of ether oxygens (including phenoxy) is 1. The molecule has 2 aromatic rings. The van der Waals surface area contributed by atoms with Gasteiger partial charge in [0.2, 0.25) is 0 Å². The minimum absolute atomic E-state index is 0.482. The van der Waals surface area contributed by atoms with Crippen LogP contribution in [0.25, 0.3) is 0 Å². The number of aryl methyl sites for hydroxylation is 1. The molecule has 1 N–H and O–H groups in total. The van der Waals surface area contributed by atoms with E-state index in [1.54, 1.807) is 24.5 Å². The van der Waals surface area contributed by atoms with Gasteiger partial charge in [-0.3, -0.25) is 0 Å². The van der Waals surface area contributed by atoms with E-state index in [2.05, 4.69) is 15.9 Å². The maximum absolute atomic E-state index is 10.3. The summed E-state index contributed by atoms with van der Waals surface area (Å²) >= 11 is 11.0. The van der Waals surface area contributed by atoms with Gasteiger partial charge in [-0.05, 0) is 52.7 Å². The molecule has 1 atom stereocenters. The van der Waals surface area contributed by atoms with Crippen LogP contribution in [-0.2, 0) is 6.42 Å². The molecule has 0 aliphatic carbocycles. The van der Waals surface area contributed by atoms with Crippen molar-refractivity contribution in [3.8, 4) is 5.75 Å². The van der Waals surface area contributed by atoms with Crippen LogP contribution in [0.15, 0.2) is 28.7 Å². The Balaban J connectivity index is 2.23. The number of halogens is 2. The molecule has 1 unspecified atom stereocenters. The Morgan fingerprint density at radius 1 is 1.42 bits per heavy atom. The van der Waals surface area contributed by atoms with Crippen molar-refractivity contribution in [1.29, 1.82) is 0 Å². The van der Waals surface area contributed by atoms with Crippen molar-refractivity contribution in [1.82, 2.24) is 0 Å². The van der Waals surface area contributed by atoms with E-state index in [0.29, 0.717) is 11.4 Å². The van der Waals surface area contributed by atoms with Crippen LogP contribution >= 0.6 is 38.9 Å². The third-order valence-corrected chi connectivity index (χ3v) is 5.33. The molecule has 0 spiro atoms. The zero-order chi connectivity index (χ0) is 14.0. The summed E-state index contributed by atoms with van der Waals surface area (Å²) in [5.74, 6) is 0.746. The van der Waals surface area contributed by atoms with Gasteiger partial charge >= 0.3 is 0 Å². The second-order valence-electron chi connectivity index (χ2n) is 4.23. The highest BCUT2D eigenvalue weighted by Crippen LogP contribution is 2.34. The molecule has 19 heavy (non-hydrogen) atoms. The molecule has 0 radical (unpaired) electrons. The molecule has 2 nitrogen and oxygen atoms in total. The van der Waals surface area contributed by atoms with E-state index >= 15 is 0 Å². The Hall–Kier alpha value is -0.550. The third-order valence-electron chi connectivity index (χ3n) is 2.86. The molecule has 5 heteroatoms. The van der Waals surface area contributed by atoms with Crippen molar-refractivity contribution < 1.29 is 9.84 Å². The molecule has 0 saturated carbocycles. The lowest BCUT2D eigenvalue weighted by Crippen LogP contribution is -2.01. The monoisotopic (exact) mass is 360 g/mol. The van der Waals surface area contributed by atoms with Crippen LogP contribution in [0, 0.1) is 6.92 Å². The zero-order valence-electron chi connectivity index (χ0n) is 10.6. The van der Waals surface area contributed by atoms with Crippen molar-refractivity contribution in [2.45, 2.75) is 19.4 Å². The summed E-state index contributed by atoms with van der Waals surface area (Å²) < 4.78 is 6.32. The zero-order valence-corrected chi connectivity index (χ0v) is 13.8. The van der Waals surface area contributed by atoms with Gasteiger partial charge < -0.3 is 9.84 Å². The molecule has 0 saturated heterocycles.